The van der Waals surface area contributed by atoms with Crippen molar-refractivity contribution in [1.82, 2.24) is 4.98 Å². The number of rotatable bonds is 4. The van der Waals surface area contributed by atoms with Gasteiger partial charge in [0, 0.05) is 5.56 Å². The molecule has 0 bridgehead atoms. The molecule has 0 fully saturated rings. The molecular weight excluding hydrogens is 267 g/mol. The zero-order valence-electron chi connectivity index (χ0n) is 10.6. The smallest absolute Gasteiger partial charge is 0.232 e. The van der Waals surface area contributed by atoms with Gasteiger partial charge in [0.05, 0.1) is 0 Å². The summed E-state index contributed by atoms with van der Waals surface area (Å²) in [5.74, 6) is -0.447. The number of nitrogens with zero attached hydrogens (tertiary/aromatic N) is 2. The van der Waals surface area contributed by atoms with E-state index in [2.05, 4.69) is 10.1 Å². The summed E-state index contributed by atoms with van der Waals surface area (Å²) in [6, 6.07) is 6.08. The minimum Gasteiger partial charge on any atom is -0.492 e. The van der Waals surface area contributed by atoms with Crippen LogP contribution in [0.3, 0.4) is 0 Å². The van der Waals surface area contributed by atoms with E-state index >= 15 is 0 Å². The van der Waals surface area contributed by atoms with E-state index in [1.165, 1.54) is 30.6 Å². The summed E-state index contributed by atoms with van der Waals surface area (Å²) in [5.41, 5.74) is 1.24. The number of benzene rings is 1. The van der Waals surface area contributed by atoms with E-state index in [1.807, 2.05) is 6.92 Å². The summed E-state index contributed by atoms with van der Waals surface area (Å²) in [6.45, 7) is 1.90. The highest BCUT2D eigenvalue weighted by Gasteiger charge is 2.16. The Bertz CT molecular complexity index is 610. The molecule has 100 valence electrons. The molecule has 0 saturated carbocycles. The lowest BCUT2D eigenvalue weighted by molar-refractivity contribution is 0.213. The lowest BCUT2D eigenvalue weighted by Crippen LogP contribution is -1.96. The van der Waals surface area contributed by atoms with E-state index in [1.54, 1.807) is 12.1 Å². The maximum atomic E-state index is 13.2. The predicted octanol–water partition coefficient (Wildman–Crippen LogP) is 3.42. The monoisotopic (exact) mass is 280 g/mol. The first-order valence-corrected chi connectivity index (χ1v) is 6.53. The van der Waals surface area contributed by atoms with Crippen molar-refractivity contribution in [2.75, 3.05) is 7.11 Å². The molecule has 4 nitrogen and oxygen atoms in total. The van der Waals surface area contributed by atoms with E-state index in [0.29, 0.717) is 27.6 Å². The Hall–Kier alpha value is -1.95. The number of oxime groups is 1. The first-order valence-electron chi connectivity index (χ1n) is 5.71. The maximum Gasteiger partial charge on any atom is 0.232 e. The Morgan fingerprint density at radius 2 is 2.32 bits per heavy atom. The SMILES string of the molecule is CCC(=NOC)c1sc(-c2cccc(F)c2)nc1O. The molecule has 0 spiro atoms. The number of thiazole rings is 1. The molecule has 0 saturated heterocycles. The van der Waals surface area contributed by atoms with Crippen LogP contribution in [-0.2, 0) is 4.84 Å². The number of halogens is 1. The topological polar surface area (TPSA) is 54.7 Å². The van der Waals surface area contributed by atoms with Crippen molar-refractivity contribution >= 4 is 17.0 Å². The Morgan fingerprint density at radius 3 is 2.95 bits per heavy atom. The number of aromatic nitrogens is 1. The molecule has 0 aliphatic carbocycles. The van der Waals surface area contributed by atoms with Crippen LogP contribution in [0, 0.1) is 5.82 Å². The zero-order chi connectivity index (χ0) is 13.8. The lowest BCUT2D eigenvalue weighted by atomic mass is 10.2. The third kappa shape index (κ3) is 2.90. The van der Waals surface area contributed by atoms with Crippen molar-refractivity contribution in [3.05, 3.63) is 35.0 Å². The molecule has 1 N–H and O–H groups in total. The molecule has 19 heavy (non-hydrogen) atoms. The van der Waals surface area contributed by atoms with Crippen molar-refractivity contribution in [2.45, 2.75) is 13.3 Å². The molecule has 2 aromatic rings. The number of hydrogen-bond acceptors (Lipinski definition) is 5. The second kappa shape index (κ2) is 5.79. The van der Waals surface area contributed by atoms with Gasteiger partial charge in [-0.3, -0.25) is 0 Å². The van der Waals surface area contributed by atoms with Crippen LogP contribution >= 0.6 is 11.3 Å². The van der Waals surface area contributed by atoms with Gasteiger partial charge in [0.25, 0.3) is 0 Å². The van der Waals surface area contributed by atoms with E-state index in [0.717, 1.165) is 0 Å². The normalized spacial score (nSPS) is 11.6. The standard InChI is InChI=1S/C13H13FN2O2S/c1-3-10(16-18-2)11-12(17)15-13(19-11)8-5-4-6-9(14)7-8/h4-7,17H,3H2,1-2H3. The molecule has 6 heteroatoms. The molecule has 1 heterocycles. The van der Waals surface area contributed by atoms with Crippen LogP contribution in [0.15, 0.2) is 29.4 Å². The largest absolute Gasteiger partial charge is 0.492 e. The van der Waals surface area contributed by atoms with Crippen LogP contribution in [-0.4, -0.2) is 22.9 Å². The molecule has 1 aromatic carbocycles. The Balaban J connectivity index is 2.44. The van der Waals surface area contributed by atoms with Crippen molar-refractivity contribution in [2.24, 2.45) is 5.16 Å². The summed E-state index contributed by atoms with van der Waals surface area (Å²) in [5, 5.41) is 14.3. The molecular formula is C13H13FN2O2S. The van der Waals surface area contributed by atoms with Gasteiger partial charge in [-0.05, 0) is 18.6 Å². The number of hydrogen-bond donors (Lipinski definition) is 1. The third-order valence-corrected chi connectivity index (χ3v) is 3.62. The average molecular weight is 280 g/mol. The summed E-state index contributed by atoms with van der Waals surface area (Å²) in [7, 11) is 1.45. The van der Waals surface area contributed by atoms with Gasteiger partial charge in [-0.15, -0.1) is 11.3 Å². The van der Waals surface area contributed by atoms with E-state index < -0.39 is 0 Å². The summed E-state index contributed by atoms with van der Waals surface area (Å²) in [4.78, 5) is 9.32. The fourth-order valence-corrected chi connectivity index (χ4v) is 2.63. The van der Waals surface area contributed by atoms with Gasteiger partial charge in [0.15, 0.2) is 0 Å². The second-order valence-corrected chi connectivity index (χ2v) is 4.76. The van der Waals surface area contributed by atoms with Crippen molar-refractivity contribution in [1.29, 1.82) is 0 Å². The van der Waals surface area contributed by atoms with Crippen LogP contribution in [0.25, 0.3) is 10.6 Å². The maximum absolute atomic E-state index is 13.2. The van der Waals surface area contributed by atoms with Crippen molar-refractivity contribution < 1.29 is 14.3 Å². The molecule has 2 rings (SSSR count). The van der Waals surface area contributed by atoms with Gasteiger partial charge in [-0.25, -0.2) is 9.37 Å². The molecule has 1 aromatic heterocycles. The quantitative estimate of drug-likeness (QED) is 0.689. The van der Waals surface area contributed by atoms with Gasteiger partial charge >= 0.3 is 0 Å². The van der Waals surface area contributed by atoms with Crippen molar-refractivity contribution in [3.63, 3.8) is 0 Å². The van der Waals surface area contributed by atoms with Gasteiger partial charge in [0.1, 0.15) is 28.5 Å². The van der Waals surface area contributed by atoms with Crippen LogP contribution in [0.4, 0.5) is 4.39 Å². The highest BCUT2D eigenvalue weighted by atomic mass is 32.1. The Morgan fingerprint density at radius 1 is 1.53 bits per heavy atom. The van der Waals surface area contributed by atoms with Gasteiger partial charge in [-0.2, -0.15) is 0 Å². The molecule has 0 radical (unpaired) electrons. The predicted molar refractivity (Wildman–Crippen MR) is 73.0 cm³/mol. The van der Waals surface area contributed by atoms with Crippen LogP contribution in [0.2, 0.25) is 0 Å². The van der Waals surface area contributed by atoms with E-state index in [-0.39, 0.29) is 11.7 Å². The first kappa shape index (κ1) is 13.5. The van der Waals surface area contributed by atoms with Crippen LogP contribution in [0.5, 0.6) is 5.88 Å². The van der Waals surface area contributed by atoms with Crippen molar-refractivity contribution in [3.8, 4) is 16.5 Å². The van der Waals surface area contributed by atoms with Gasteiger partial charge in [0.2, 0.25) is 5.88 Å². The zero-order valence-corrected chi connectivity index (χ0v) is 11.4. The lowest BCUT2D eigenvalue weighted by Gasteiger charge is -1.98. The highest BCUT2D eigenvalue weighted by Crippen LogP contribution is 2.33. The van der Waals surface area contributed by atoms with Crippen LogP contribution in [0.1, 0.15) is 18.2 Å². The average Bonchev–Trinajstić information content (AvgIpc) is 2.78. The molecule has 0 amide bonds. The summed E-state index contributed by atoms with van der Waals surface area (Å²) < 4.78 is 13.2. The number of aromatic hydroxyl groups is 1. The van der Waals surface area contributed by atoms with Crippen LogP contribution < -0.4 is 0 Å². The Labute approximate surface area is 114 Å². The second-order valence-electron chi connectivity index (χ2n) is 3.76. The third-order valence-electron chi connectivity index (χ3n) is 2.48. The first-order chi connectivity index (χ1) is 9.15. The molecule has 0 aliphatic rings. The minimum atomic E-state index is -0.338. The Kier molecular flexibility index (Phi) is 4.11. The van der Waals surface area contributed by atoms with Gasteiger partial charge in [-0.1, -0.05) is 24.2 Å². The van der Waals surface area contributed by atoms with E-state index in [9.17, 15) is 9.50 Å². The van der Waals surface area contributed by atoms with Gasteiger partial charge < -0.3 is 9.94 Å². The minimum absolute atomic E-state index is 0.109. The fraction of sp³-hybridized carbons (Fsp3) is 0.231. The summed E-state index contributed by atoms with van der Waals surface area (Å²) >= 11 is 1.26. The fourth-order valence-electron chi connectivity index (χ4n) is 1.62. The summed E-state index contributed by atoms with van der Waals surface area (Å²) in [6.07, 6.45) is 0.603. The van der Waals surface area contributed by atoms with E-state index in [4.69, 9.17) is 4.84 Å². The molecule has 0 aliphatic heterocycles. The highest BCUT2D eigenvalue weighted by molar-refractivity contribution is 7.17. The molecule has 0 atom stereocenters. The molecule has 0 unspecified atom stereocenters.